The van der Waals surface area contributed by atoms with Crippen LogP contribution < -0.4 is 14.8 Å². The zero-order valence-corrected chi connectivity index (χ0v) is 16.7. The predicted molar refractivity (Wildman–Crippen MR) is 108 cm³/mol. The summed E-state index contributed by atoms with van der Waals surface area (Å²) in [5.41, 5.74) is 1.87. The molecular weight excluding hydrogens is 410 g/mol. The number of hydrogen-bond donors (Lipinski definition) is 2. The number of amides is 1. The summed E-state index contributed by atoms with van der Waals surface area (Å²) >= 11 is 3.36. The van der Waals surface area contributed by atoms with Crippen LogP contribution in [0.1, 0.15) is 11.1 Å². The lowest BCUT2D eigenvalue weighted by Crippen LogP contribution is -2.37. The zero-order valence-electron chi connectivity index (χ0n) is 15.1. The SMILES string of the molecule is C#CCOc1ccc(CCNC(=O)C(O)Cc2ccc(Br)cc2)cc1OC. The van der Waals surface area contributed by atoms with E-state index in [0.717, 1.165) is 15.6 Å². The van der Waals surface area contributed by atoms with Gasteiger partial charge in [-0.3, -0.25) is 4.79 Å². The van der Waals surface area contributed by atoms with Crippen molar-refractivity contribution in [2.24, 2.45) is 0 Å². The third-order valence-electron chi connectivity index (χ3n) is 3.90. The van der Waals surface area contributed by atoms with Crippen LogP contribution in [0.4, 0.5) is 0 Å². The molecule has 1 amide bonds. The van der Waals surface area contributed by atoms with E-state index >= 15 is 0 Å². The van der Waals surface area contributed by atoms with Gasteiger partial charge in [-0.2, -0.15) is 0 Å². The van der Waals surface area contributed by atoms with Gasteiger partial charge in [0.15, 0.2) is 11.5 Å². The summed E-state index contributed by atoms with van der Waals surface area (Å²) < 4.78 is 11.7. The molecule has 0 heterocycles. The van der Waals surface area contributed by atoms with Gasteiger partial charge in [-0.15, -0.1) is 6.42 Å². The summed E-state index contributed by atoms with van der Waals surface area (Å²) in [5, 5.41) is 12.8. The van der Waals surface area contributed by atoms with Crippen LogP contribution in [0.5, 0.6) is 11.5 Å². The lowest BCUT2D eigenvalue weighted by molar-refractivity contribution is -0.129. The van der Waals surface area contributed by atoms with Gasteiger partial charge in [0.1, 0.15) is 12.7 Å². The second-order valence-corrected chi connectivity index (χ2v) is 6.78. The van der Waals surface area contributed by atoms with Gasteiger partial charge in [-0.1, -0.05) is 40.0 Å². The van der Waals surface area contributed by atoms with Crippen LogP contribution in [0.15, 0.2) is 46.9 Å². The van der Waals surface area contributed by atoms with Crippen molar-refractivity contribution in [2.75, 3.05) is 20.3 Å². The van der Waals surface area contributed by atoms with Crippen molar-refractivity contribution < 1.29 is 19.4 Å². The molecule has 2 aromatic rings. The minimum atomic E-state index is -1.08. The molecule has 27 heavy (non-hydrogen) atoms. The molecule has 1 atom stereocenters. The number of carbonyl (C=O) groups excluding carboxylic acids is 1. The number of halogens is 1. The highest BCUT2D eigenvalue weighted by Gasteiger charge is 2.15. The van der Waals surface area contributed by atoms with Gasteiger partial charge in [0.2, 0.25) is 5.91 Å². The molecule has 0 fully saturated rings. The maximum atomic E-state index is 12.1. The lowest BCUT2D eigenvalue weighted by Gasteiger charge is -2.13. The monoisotopic (exact) mass is 431 g/mol. The Morgan fingerprint density at radius 3 is 2.59 bits per heavy atom. The molecule has 0 bridgehead atoms. The number of terminal acetylenes is 1. The van der Waals surface area contributed by atoms with E-state index in [1.165, 1.54) is 0 Å². The summed E-state index contributed by atoms with van der Waals surface area (Å²) in [7, 11) is 1.56. The van der Waals surface area contributed by atoms with Crippen LogP contribution in [0.2, 0.25) is 0 Å². The van der Waals surface area contributed by atoms with Crippen LogP contribution in [0, 0.1) is 12.3 Å². The van der Waals surface area contributed by atoms with Crippen molar-refractivity contribution in [3.05, 3.63) is 58.1 Å². The Kier molecular flexibility index (Phi) is 8.18. The van der Waals surface area contributed by atoms with E-state index in [4.69, 9.17) is 15.9 Å². The first-order chi connectivity index (χ1) is 13.0. The quantitative estimate of drug-likeness (QED) is 0.599. The fourth-order valence-electron chi connectivity index (χ4n) is 2.49. The van der Waals surface area contributed by atoms with Gasteiger partial charge in [0.05, 0.1) is 7.11 Å². The molecule has 2 aromatic carbocycles. The average molecular weight is 432 g/mol. The number of carbonyl (C=O) groups is 1. The van der Waals surface area contributed by atoms with Crippen molar-refractivity contribution >= 4 is 21.8 Å². The molecule has 6 heteroatoms. The molecule has 0 radical (unpaired) electrons. The van der Waals surface area contributed by atoms with Crippen LogP contribution in [-0.2, 0) is 17.6 Å². The van der Waals surface area contributed by atoms with E-state index in [2.05, 4.69) is 27.2 Å². The second kappa shape index (κ2) is 10.6. The standard InChI is InChI=1S/C21H22BrNO4/c1-3-12-27-19-9-6-16(14-20(19)26-2)10-11-23-21(25)18(24)13-15-4-7-17(22)8-5-15/h1,4-9,14,18,24H,10-13H2,2H3,(H,23,25). The van der Waals surface area contributed by atoms with Gasteiger partial charge in [-0.05, 0) is 41.8 Å². The van der Waals surface area contributed by atoms with Crippen LogP contribution >= 0.6 is 15.9 Å². The minimum Gasteiger partial charge on any atom is -0.493 e. The first-order valence-electron chi connectivity index (χ1n) is 8.47. The number of hydrogen-bond acceptors (Lipinski definition) is 4. The highest BCUT2D eigenvalue weighted by molar-refractivity contribution is 9.10. The number of rotatable bonds is 9. The Labute approximate surface area is 167 Å². The molecule has 0 aliphatic heterocycles. The van der Waals surface area contributed by atoms with E-state index in [1.54, 1.807) is 13.2 Å². The fraction of sp³-hybridized carbons (Fsp3) is 0.286. The third kappa shape index (κ3) is 6.63. The molecule has 0 saturated carbocycles. The summed E-state index contributed by atoms with van der Waals surface area (Å²) in [4.78, 5) is 12.1. The van der Waals surface area contributed by atoms with Crippen molar-refractivity contribution in [1.29, 1.82) is 0 Å². The van der Waals surface area contributed by atoms with Crippen LogP contribution in [0.3, 0.4) is 0 Å². The topological polar surface area (TPSA) is 67.8 Å². The van der Waals surface area contributed by atoms with Gasteiger partial charge in [-0.25, -0.2) is 0 Å². The second-order valence-electron chi connectivity index (χ2n) is 5.87. The Morgan fingerprint density at radius 2 is 1.93 bits per heavy atom. The van der Waals surface area contributed by atoms with E-state index in [0.29, 0.717) is 24.5 Å². The molecule has 1 unspecified atom stereocenters. The van der Waals surface area contributed by atoms with Crippen molar-refractivity contribution in [1.82, 2.24) is 5.32 Å². The Hall–Kier alpha value is -2.49. The van der Waals surface area contributed by atoms with Gasteiger partial charge in [0, 0.05) is 17.4 Å². The Bertz CT molecular complexity index is 799. The number of nitrogens with one attached hydrogen (secondary N) is 1. The summed E-state index contributed by atoms with van der Waals surface area (Å²) in [6, 6.07) is 13.0. The van der Waals surface area contributed by atoms with E-state index in [1.807, 2.05) is 36.4 Å². The largest absolute Gasteiger partial charge is 0.493 e. The molecule has 0 aliphatic rings. The Balaban J connectivity index is 1.83. The highest BCUT2D eigenvalue weighted by Crippen LogP contribution is 2.28. The highest BCUT2D eigenvalue weighted by atomic mass is 79.9. The molecular formula is C21H22BrNO4. The smallest absolute Gasteiger partial charge is 0.249 e. The average Bonchev–Trinajstić information content (AvgIpc) is 2.68. The molecule has 0 spiro atoms. The number of aliphatic hydroxyl groups is 1. The Morgan fingerprint density at radius 1 is 1.22 bits per heavy atom. The summed E-state index contributed by atoms with van der Waals surface area (Å²) in [5.74, 6) is 3.18. The summed E-state index contributed by atoms with van der Waals surface area (Å²) in [6.45, 7) is 0.575. The van der Waals surface area contributed by atoms with Crippen LogP contribution in [-0.4, -0.2) is 37.4 Å². The molecule has 2 rings (SSSR count). The van der Waals surface area contributed by atoms with Gasteiger partial charge < -0.3 is 19.9 Å². The first kappa shape index (κ1) is 20.8. The molecule has 2 N–H and O–H groups in total. The third-order valence-corrected chi connectivity index (χ3v) is 4.43. The predicted octanol–water partition coefficient (Wildman–Crippen LogP) is 2.73. The lowest BCUT2D eigenvalue weighted by atomic mass is 10.1. The number of ether oxygens (including phenoxy) is 2. The molecule has 142 valence electrons. The number of benzene rings is 2. The first-order valence-corrected chi connectivity index (χ1v) is 9.26. The maximum Gasteiger partial charge on any atom is 0.249 e. The van der Waals surface area contributed by atoms with Crippen molar-refractivity contribution in [3.8, 4) is 23.8 Å². The van der Waals surface area contributed by atoms with Gasteiger partial charge in [0.25, 0.3) is 0 Å². The minimum absolute atomic E-state index is 0.169. The van der Waals surface area contributed by atoms with Crippen molar-refractivity contribution in [3.63, 3.8) is 0 Å². The molecule has 0 aliphatic carbocycles. The van der Waals surface area contributed by atoms with E-state index in [9.17, 15) is 9.90 Å². The summed E-state index contributed by atoms with van der Waals surface area (Å²) in [6.07, 6.45) is 4.98. The van der Waals surface area contributed by atoms with Gasteiger partial charge >= 0.3 is 0 Å². The maximum absolute atomic E-state index is 12.1. The van der Waals surface area contributed by atoms with E-state index < -0.39 is 6.10 Å². The number of aliphatic hydroxyl groups excluding tert-OH is 1. The fourth-order valence-corrected chi connectivity index (χ4v) is 2.75. The molecule has 0 aromatic heterocycles. The molecule has 0 saturated heterocycles. The zero-order chi connectivity index (χ0) is 19.6. The number of methoxy groups -OCH3 is 1. The molecule has 5 nitrogen and oxygen atoms in total. The normalized spacial score (nSPS) is 11.3. The van der Waals surface area contributed by atoms with Crippen molar-refractivity contribution in [2.45, 2.75) is 18.9 Å². The van der Waals surface area contributed by atoms with Crippen LogP contribution in [0.25, 0.3) is 0 Å². The van der Waals surface area contributed by atoms with E-state index in [-0.39, 0.29) is 18.9 Å².